The number of thioether (sulfide) groups is 1. The van der Waals surface area contributed by atoms with E-state index in [0.29, 0.717) is 12.1 Å². The lowest BCUT2D eigenvalue weighted by Gasteiger charge is -2.36. The van der Waals surface area contributed by atoms with Gasteiger partial charge in [0.05, 0.1) is 0 Å². The summed E-state index contributed by atoms with van der Waals surface area (Å²) in [5.41, 5.74) is 0. The molecule has 142 valence electrons. The summed E-state index contributed by atoms with van der Waals surface area (Å²) in [5, 5.41) is 3.77. The number of hydrogen-bond donors (Lipinski definition) is 1. The van der Waals surface area contributed by atoms with Gasteiger partial charge in [-0.1, -0.05) is 45.9 Å². The molecule has 1 fully saturated rings. The molecule has 0 radical (unpaired) electrons. The fraction of sp³-hybridized carbons (Fsp3) is 0.714. The normalized spacial score (nSPS) is 18.2. The van der Waals surface area contributed by atoms with Crippen molar-refractivity contribution in [2.24, 2.45) is 5.92 Å². The predicted molar refractivity (Wildman–Crippen MR) is 112 cm³/mol. The first kappa shape index (κ1) is 20.8. The van der Waals surface area contributed by atoms with Gasteiger partial charge in [0, 0.05) is 55.5 Å². The molecule has 1 saturated heterocycles. The van der Waals surface area contributed by atoms with Crippen LogP contribution >= 0.6 is 11.8 Å². The van der Waals surface area contributed by atoms with E-state index in [0.717, 1.165) is 11.7 Å². The van der Waals surface area contributed by atoms with Crippen LogP contribution in [0.5, 0.6) is 0 Å². The van der Waals surface area contributed by atoms with Gasteiger partial charge in [-0.05, 0) is 31.0 Å². The summed E-state index contributed by atoms with van der Waals surface area (Å²) >= 11 is 1.98. The molecule has 1 atom stereocenters. The molecule has 0 bridgehead atoms. The van der Waals surface area contributed by atoms with Crippen LogP contribution in [0.2, 0.25) is 0 Å². The molecule has 0 unspecified atom stereocenters. The van der Waals surface area contributed by atoms with E-state index >= 15 is 0 Å². The number of rotatable bonds is 10. The van der Waals surface area contributed by atoms with Gasteiger partial charge in [0.1, 0.15) is 0 Å². The van der Waals surface area contributed by atoms with Gasteiger partial charge in [-0.3, -0.25) is 0 Å². The van der Waals surface area contributed by atoms with Crippen LogP contribution in [0, 0.1) is 5.92 Å². The third-order valence-corrected chi connectivity index (χ3v) is 5.82. The summed E-state index contributed by atoms with van der Waals surface area (Å²) in [4.78, 5) is 6.65. The molecule has 1 aromatic rings. The highest BCUT2D eigenvalue weighted by Crippen LogP contribution is 2.19. The number of piperazine rings is 1. The highest BCUT2D eigenvalue weighted by molar-refractivity contribution is 7.99. The minimum Gasteiger partial charge on any atom is -0.311 e. The standard InChI is InChI=1S/C21H37N3S/c1-18(2)16-24-14-12-23(13-15-24)11-10-20(22-19(3)4)17-25-21-8-6-5-7-9-21/h5-9,18-20,22H,10-17H2,1-4H3/t20-/m1/s1. The number of hydrogen-bond acceptors (Lipinski definition) is 4. The Morgan fingerprint density at radius 3 is 2.20 bits per heavy atom. The van der Waals surface area contributed by atoms with Crippen LogP contribution in [0.3, 0.4) is 0 Å². The van der Waals surface area contributed by atoms with Gasteiger partial charge in [0.2, 0.25) is 0 Å². The van der Waals surface area contributed by atoms with Crippen LogP contribution in [-0.2, 0) is 0 Å². The Balaban J connectivity index is 1.72. The average Bonchev–Trinajstić information content (AvgIpc) is 2.58. The lowest BCUT2D eigenvalue weighted by molar-refractivity contribution is 0.119. The second-order valence-corrected chi connectivity index (χ2v) is 9.06. The van der Waals surface area contributed by atoms with Gasteiger partial charge in [-0.15, -0.1) is 11.8 Å². The molecule has 2 rings (SSSR count). The van der Waals surface area contributed by atoms with E-state index in [-0.39, 0.29) is 0 Å². The second kappa shape index (κ2) is 11.2. The summed E-state index contributed by atoms with van der Waals surface area (Å²) in [6.07, 6.45) is 1.24. The zero-order valence-corrected chi connectivity index (χ0v) is 17.4. The van der Waals surface area contributed by atoms with Crippen molar-refractivity contribution in [3.63, 3.8) is 0 Å². The molecule has 3 nitrogen and oxygen atoms in total. The van der Waals surface area contributed by atoms with E-state index in [1.165, 1.54) is 50.6 Å². The largest absolute Gasteiger partial charge is 0.311 e. The molecule has 4 heteroatoms. The Bertz CT molecular complexity index is 455. The maximum Gasteiger partial charge on any atom is 0.0176 e. The maximum absolute atomic E-state index is 3.77. The highest BCUT2D eigenvalue weighted by atomic mass is 32.2. The molecule has 1 aliphatic rings. The molecule has 1 aromatic carbocycles. The first-order valence-corrected chi connectivity index (χ1v) is 10.9. The monoisotopic (exact) mass is 363 g/mol. The summed E-state index contributed by atoms with van der Waals surface area (Å²) in [6, 6.07) is 11.9. The van der Waals surface area contributed by atoms with Crippen LogP contribution in [0.4, 0.5) is 0 Å². The van der Waals surface area contributed by atoms with E-state index in [1.54, 1.807) is 0 Å². The molecule has 0 spiro atoms. The highest BCUT2D eigenvalue weighted by Gasteiger charge is 2.19. The van der Waals surface area contributed by atoms with Crippen LogP contribution in [-0.4, -0.2) is 66.9 Å². The number of nitrogens with one attached hydrogen (secondary N) is 1. The minimum atomic E-state index is 0.546. The van der Waals surface area contributed by atoms with Gasteiger partial charge in [-0.25, -0.2) is 0 Å². The molecular formula is C21H37N3S. The van der Waals surface area contributed by atoms with Gasteiger partial charge in [-0.2, -0.15) is 0 Å². The van der Waals surface area contributed by atoms with E-state index in [1.807, 2.05) is 11.8 Å². The van der Waals surface area contributed by atoms with Crippen LogP contribution in [0.1, 0.15) is 34.1 Å². The Morgan fingerprint density at radius 2 is 1.60 bits per heavy atom. The van der Waals surface area contributed by atoms with Crippen LogP contribution in [0.15, 0.2) is 35.2 Å². The van der Waals surface area contributed by atoms with E-state index in [4.69, 9.17) is 0 Å². The molecular weight excluding hydrogens is 326 g/mol. The Labute approximate surface area is 159 Å². The fourth-order valence-corrected chi connectivity index (χ4v) is 4.46. The van der Waals surface area contributed by atoms with Crippen LogP contribution < -0.4 is 5.32 Å². The molecule has 25 heavy (non-hydrogen) atoms. The third-order valence-electron chi connectivity index (χ3n) is 4.65. The van der Waals surface area contributed by atoms with E-state index < -0.39 is 0 Å². The first-order chi connectivity index (χ1) is 12.0. The summed E-state index contributed by atoms with van der Waals surface area (Å²) in [7, 11) is 0. The molecule has 0 saturated carbocycles. The lowest BCUT2D eigenvalue weighted by Crippen LogP contribution is -2.48. The SMILES string of the molecule is CC(C)CN1CCN(CC[C@H](CSc2ccccc2)NC(C)C)CC1. The Kier molecular flexibility index (Phi) is 9.32. The zero-order valence-electron chi connectivity index (χ0n) is 16.6. The van der Waals surface area contributed by atoms with Gasteiger partial charge in [0.25, 0.3) is 0 Å². The number of benzene rings is 1. The van der Waals surface area contributed by atoms with Crippen molar-refractivity contribution in [3.8, 4) is 0 Å². The van der Waals surface area contributed by atoms with Crippen LogP contribution in [0.25, 0.3) is 0 Å². The van der Waals surface area contributed by atoms with Gasteiger partial charge >= 0.3 is 0 Å². The van der Waals surface area contributed by atoms with Crippen molar-refractivity contribution in [2.75, 3.05) is 45.0 Å². The predicted octanol–water partition coefficient (Wildman–Crippen LogP) is 3.81. The zero-order chi connectivity index (χ0) is 18.1. The fourth-order valence-electron chi connectivity index (χ4n) is 3.45. The van der Waals surface area contributed by atoms with Crippen molar-refractivity contribution in [1.82, 2.24) is 15.1 Å². The molecule has 1 N–H and O–H groups in total. The van der Waals surface area contributed by atoms with Gasteiger partial charge < -0.3 is 15.1 Å². The van der Waals surface area contributed by atoms with Crippen molar-refractivity contribution in [3.05, 3.63) is 30.3 Å². The molecule has 1 heterocycles. The molecule has 0 amide bonds. The van der Waals surface area contributed by atoms with Crippen molar-refractivity contribution in [1.29, 1.82) is 0 Å². The van der Waals surface area contributed by atoms with Gasteiger partial charge in [0.15, 0.2) is 0 Å². The van der Waals surface area contributed by atoms with E-state index in [2.05, 4.69) is 73.1 Å². The maximum atomic E-state index is 3.77. The first-order valence-electron chi connectivity index (χ1n) is 9.91. The third kappa shape index (κ3) is 8.59. The molecule has 1 aliphatic heterocycles. The Morgan fingerprint density at radius 1 is 0.960 bits per heavy atom. The minimum absolute atomic E-state index is 0.546. The average molecular weight is 364 g/mol. The van der Waals surface area contributed by atoms with Crippen molar-refractivity contribution < 1.29 is 0 Å². The summed E-state index contributed by atoms with van der Waals surface area (Å²) < 4.78 is 0. The molecule has 0 aliphatic carbocycles. The quantitative estimate of drug-likeness (QED) is 0.637. The summed E-state index contributed by atoms with van der Waals surface area (Å²) in [5.74, 6) is 1.93. The Hall–Kier alpha value is -0.550. The van der Waals surface area contributed by atoms with Crippen molar-refractivity contribution >= 4 is 11.8 Å². The smallest absolute Gasteiger partial charge is 0.0176 e. The molecule has 0 aromatic heterocycles. The second-order valence-electron chi connectivity index (χ2n) is 7.97. The number of nitrogens with zero attached hydrogens (tertiary/aromatic N) is 2. The van der Waals surface area contributed by atoms with Crippen molar-refractivity contribution in [2.45, 2.75) is 51.1 Å². The topological polar surface area (TPSA) is 18.5 Å². The summed E-state index contributed by atoms with van der Waals surface area (Å²) in [6.45, 7) is 16.5. The van der Waals surface area contributed by atoms with E-state index in [9.17, 15) is 0 Å². The lowest BCUT2D eigenvalue weighted by atomic mass is 10.1.